The van der Waals surface area contributed by atoms with Crippen LogP contribution in [-0.2, 0) is 23.8 Å². The first-order valence-electron chi connectivity index (χ1n) is 14.1. The van der Waals surface area contributed by atoms with Gasteiger partial charge < -0.3 is 0 Å². The van der Waals surface area contributed by atoms with Gasteiger partial charge >= 0.3 is 0 Å². The van der Waals surface area contributed by atoms with Gasteiger partial charge in [0.2, 0.25) is 7.44 Å². The summed E-state index contributed by atoms with van der Waals surface area (Å²) in [6.45, 7) is 1.24. The molecule has 2 unspecified atom stereocenters. The number of nitrogens with zero attached hydrogens (tertiary/aromatic N) is 2. The molecule has 0 radical (unpaired) electrons. The van der Waals surface area contributed by atoms with Crippen molar-refractivity contribution in [2.24, 2.45) is 0 Å². The summed E-state index contributed by atoms with van der Waals surface area (Å²) in [6.07, 6.45) is 1.34. The summed E-state index contributed by atoms with van der Waals surface area (Å²) in [4.78, 5) is 0. The molecule has 0 aliphatic carbocycles. The van der Waals surface area contributed by atoms with Crippen LogP contribution in [0.4, 0.5) is 0 Å². The molecule has 2 atom stereocenters. The van der Waals surface area contributed by atoms with E-state index in [1.165, 1.54) is 22.3 Å². The van der Waals surface area contributed by atoms with Crippen LogP contribution in [-0.4, -0.2) is 9.34 Å². The third-order valence-electron chi connectivity index (χ3n) is 7.94. The molecular weight excluding hydrogens is 507 g/mol. The molecule has 1 aliphatic rings. The molecule has 0 bridgehead atoms. The van der Waals surface area contributed by atoms with Crippen molar-refractivity contribution in [2.75, 3.05) is 0 Å². The fourth-order valence-corrected chi connectivity index (χ4v) is 9.43. The van der Waals surface area contributed by atoms with Crippen molar-refractivity contribution in [1.82, 2.24) is 9.34 Å². The number of benzene rings is 5. The van der Waals surface area contributed by atoms with Gasteiger partial charge in [-0.05, 0) is 34.2 Å². The van der Waals surface area contributed by atoms with Gasteiger partial charge in [0, 0.05) is 25.2 Å². The highest BCUT2D eigenvalue weighted by Crippen LogP contribution is 2.68. The van der Waals surface area contributed by atoms with Gasteiger partial charge in [0.1, 0.15) is 0 Å². The zero-order valence-electron chi connectivity index (χ0n) is 22.7. The van der Waals surface area contributed by atoms with Gasteiger partial charge in [0.15, 0.2) is 0 Å². The Bertz CT molecular complexity index is 1430. The Labute approximate surface area is 238 Å². The number of hydrogen-bond donors (Lipinski definition) is 0. The molecule has 0 saturated carbocycles. The molecule has 0 spiro atoms. The Morgan fingerprint density at radius 2 is 0.800 bits per heavy atom. The predicted molar refractivity (Wildman–Crippen MR) is 165 cm³/mol. The Morgan fingerprint density at radius 3 is 1.18 bits per heavy atom. The second kappa shape index (κ2) is 12.2. The van der Waals surface area contributed by atoms with Gasteiger partial charge in [-0.3, -0.25) is 4.57 Å². The molecule has 0 amide bonds. The fourth-order valence-electron chi connectivity index (χ4n) is 5.99. The maximum absolute atomic E-state index is 16.1. The molecule has 3 nitrogen and oxygen atoms in total. The van der Waals surface area contributed by atoms with Crippen LogP contribution in [0.5, 0.6) is 0 Å². The molecule has 200 valence electrons. The SMILES string of the molecule is O=P1(Cc2ccccc2)N(Cc2ccccc2)C(c2ccccc2)CC(c2ccccc2)N1Cc1ccccc1. The Balaban J connectivity index is 1.54. The molecule has 0 N–H and O–H groups in total. The van der Waals surface area contributed by atoms with E-state index in [2.05, 4.69) is 143 Å². The quantitative estimate of drug-likeness (QED) is 0.183. The molecule has 6 rings (SSSR count). The summed E-state index contributed by atoms with van der Waals surface area (Å²) in [5, 5.41) is 0. The van der Waals surface area contributed by atoms with Gasteiger partial charge in [0.25, 0.3) is 0 Å². The largest absolute Gasteiger partial charge is 0.288 e. The second-order valence-corrected chi connectivity index (χ2v) is 13.2. The monoisotopic (exact) mass is 542 g/mol. The average Bonchev–Trinajstić information content (AvgIpc) is 3.02. The highest BCUT2D eigenvalue weighted by atomic mass is 31.2. The molecule has 5 aromatic carbocycles. The predicted octanol–water partition coefficient (Wildman–Crippen LogP) is 9.27. The van der Waals surface area contributed by atoms with Crippen LogP contribution in [0.2, 0.25) is 0 Å². The lowest BCUT2D eigenvalue weighted by molar-refractivity contribution is 0.153. The highest BCUT2D eigenvalue weighted by Gasteiger charge is 2.49. The minimum atomic E-state index is -3.16. The minimum absolute atomic E-state index is 0.00758. The third-order valence-corrected chi connectivity index (χ3v) is 11.2. The van der Waals surface area contributed by atoms with Crippen molar-refractivity contribution < 1.29 is 4.57 Å². The zero-order chi connectivity index (χ0) is 27.2. The highest BCUT2D eigenvalue weighted by molar-refractivity contribution is 7.58. The summed E-state index contributed by atoms with van der Waals surface area (Å²) >= 11 is 0. The summed E-state index contributed by atoms with van der Waals surface area (Å²) in [6, 6.07) is 52.7. The smallest absolute Gasteiger partial charge is 0.222 e. The first-order valence-corrected chi connectivity index (χ1v) is 15.9. The van der Waals surface area contributed by atoms with Crippen molar-refractivity contribution in [3.63, 3.8) is 0 Å². The van der Waals surface area contributed by atoms with E-state index in [1.807, 2.05) is 18.2 Å². The van der Waals surface area contributed by atoms with Crippen molar-refractivity contribution >= 4 is 7.44 Å². The molecule has 1 fully saturated rings. The van der Waals surface area contributed by atoms with E-state index in [0.29, 0.717) is 19.3 Å². The maximum atomic E-state index is 16.1. The van der Waals surface area contributed by atoms with Crippen LogP contribution in [0, 0.1) is 0 Å². The van der Waals surface area contributed by atoms with E-state index in [9.17, 15) is 0 Å². The number of hydrogen-bond acceptors (Lipinski definition) is 1. The van der Waals surface area contributed by atoms with Crippen LogP contribution < -0.4 is 0 Å². The molecule has 1 aliphatic heterocycles. The van der Waals surface area contributed by atoms with Crippen molar-refractivity contribution in [3.8, 4) is 0 Å². The topological polar surface area (TPSA) is 23.6 Å². The molecule has 40 heavy (non-hydrogen) atoms. The van der Waals surface area contributed by atoms with E-state index in [-0.39, 0.29) is 12.1 Å². The van der Waals surface area contributed by atoms with Gasteiger partial charge in [-0.25, -0.2) is 9.34 Å². The lowest BCUT2D eigenvalue weighted by Gasteiger charge is -2.52. The molecule has 0 aromatic heterocycles. The Kier molecular flexibility index (Phi) is 8.07. The molecule has 5 aromatic rings. The molecule has 1 saturated heterocycles. The van der Waals surface area contributed by atoms with Gasteiger partial charge in [-0.1, -0.05) is 152 Å². The van der Waals surface area contributed by atoms with Crippen LogP contribution in [0.3, 0.4) is 0 Å². The summed E-state index contributed by atoms with van der Waals surface area (Å²) in [7, 11) is -3.16. The second-order valence-electron chi connectivity index (χ2n) is 10.6. The van der Waals surface area contributed by atoms with E-state index in [4.69, 9.17) is 0 Å². The van der Waals surface area contributed by atoms with Crippen molar-refractivity contribution in [1.29, 1.82) is 0 Å². The molecular formula is C36H35N2OP. The Morgan fingerprint density at radius 1 is 0.475 bits per heavy atom. The Hall–Kier alpha value is -3.75. The molecule has 4 heteroatoms. The lowest BCUT2D eigenvalue weighted by Crippen LogP contribution is -2.43. The van der Waals surface area contributed by atoms with Crippen LogP contribution in [0.1, 0.15) is 46.3 Å². The van der Waals surface area contributed by atoms with E-state index in [1.54, 1.807) is 0 Å². The number of rotatable bonds is 8. The lowest BCUT2D eigenvalue weighted by atomic mass is 9.94. The normalized spacial score (nSPS) is 21.7. The van der Waals surface area contributed by atoms with Crippen LogP contribution in [0.25, 0.3) is 0 Å². The average molecular weight is 543 g/mol. The van der Waals surface area contributed by atoms with Gasteiger partial charge in [-0.15, -0.1) is 0 Å². The van der Waals surface area contributed by atoms with Gasteiger partial charge in [-0.2, -0.15) is 0 Å². The first kappa shape index (κ1) is 26.5. The van der Waals surface area contributed by atoms with E-state index >= 15 is 4.57 Å². The van der Waals surface area contributed by atoms with E-state index < -0.39 is 7.44 Å². The summed E-state index contributed by atoms with van der Waals surface area (Å²) in [5.74, 6) is 0. The standard InChI is InChI=1S/C36H35N2OP/c39-40(29-32-20-10-3-11-21-32)37(27-30-16-6-1-7-17-30)35(33-22-12-4-13-23-33)26-36(34-24-14-5-15-25-34)38(40)28-31-18-8-2-9-19-31/h1-25,35-36H,26-29H2. The van der Waals surface area contributed by atoms with E-state index in [0.717, 1.165) is 12.0 Å². The van der Waals surface area contributed by atoms with Crippen molar-refractivity contribution in [3.05, 3.63) is 179 Å². The fraction of sp³-hybridized carbons (Fsp3) is 0.167. The maximum Gasteiger partial charge on any atom is 0.222 e. The zero-order valence-corrected chi connectivity index (χ0v) is 23.6. The van der Waals surface area contributed by atoms with Gasteiger partial charge in [0.05, 0.1) is 6.16 Å². The third kappa shape index (κ3) is 5.74. The minimum Gasteiger partial charge on any atom is -0.288 e. The summed E-state index contributed by atoms with van der Waals surface area (Å²) < 4.78 is 20.8. The summed E-state index contributed by atoms with van der Waals surface area (Å²) in [5.41, 5.74) is 5.88. The van der Waals surface area contributed by atoms with Crippen molar-refractivity contribution in [2.45, 2.75) is 37.8 Å². The van der Waals surface area contributed by atoms with Crippen LogP contribution in [0.15, 0.2) is 152 Å². The molecule has 1 heterocycles. The van der Waals surface area contributed by atoms with Crippen LogP contribution >= 0.6 is 7.44 Å². The first-order chi connectivity index (χ1) is 19.7.